The standard InChI is InChI=1S/C15H23NO2S/c1-12(13-4-6-14(19-3)7-5-13)16-10-15(17-2)8-9-18-11-15/h4-7,12,16H,8-11H2,1-3H3. The molecule has 0 radical (unpaired) electrons. The third-order valence-electron chi connectivity index (χ3n) is 3.85. The number of benzene rings is 1. The van der Waals surface area contributed by atoms with Crippen LogP contribution in [0.25, 0.3) is 0 Å². The van der Waals surface area contributed by atoms with Crippen molar-refractivity contribution in [3.63, 3.8) is 0 Å². The summed E-state index contributed by atoms with van der Waals surface area (Å²) in [5.74, 6) is 0. The minimum absolute atomic E-state index is 0.145. The van der Waals surface area contributed by atoms with Crippen molar-refractivity contribution >= 4 is 11.8 Å². The first-order chi connectivity index (χ1) is 9.19. The van der Waals surface area contributed by atoms with Crippen molar-refractivity contribution in [1.82, 2.24) is 5.32 Å². The molecule has 19 heavy (non-hydrogen) atoms. The van der Waals surface area contributed by atoms with Crippen LogP contribution in [0.2, 0.25) is 0 Å². The number of methoxy groups -OCH3 is 1. The lowest BCUT2D eigenvalue weighted by Crippen LogP contribution is -2.43. The zero-order valence-electron chi connectivity index (χ0n) is 11.9. The van der Waals surface area contributed by atoms with E-state index in [-0.39, 0.29) is 5.60 Å². The first kappa shape index (κ1) is 14.9. The number of nitrogens with one attached hydrogen (secondary N) is 1. The molecule has 3 nitrogen and oxygen atoms in total. The molecular weight excluding hydrogens is 258 g/mol. The predicted octanol–water partition coefficient (Wildman–Crippen LogP) is 2.86. The van der Waals surface area contributed by atoms with Crippen LogP contribution in [0.5, 0.6) is 0 Å². The largest absolute Gasteiger partial charge is 0.378 e. The molecule has 2 rings (SSSR count). The highest BCUT2D eigenvalue weighted by molar-refractivity contribution is 7.98. The summed E-state index contributed by atoms with van der Waals surface area (Å²) in [7, 11) is 1.77. The molecule has 1 N–H and O–H groups in total. The van der Waals surface area contributed by atoms with E-state index in [0.29, 0.717) is 12.6 Å². The monoisotopic (exact) mass is 281 g/mol. The van der Waals surface area contributed by atoms with E-state index < -0.39 is 0 Å². The Morgan fingerprint density at radius 2 is 2.16 bits per heavy atom. The maximum Gasteiger partial charge on any atom is 0.106 e. The lowest BCUT2D eigenvalue weighted by molar-refractivity contribution is -0.0172. The predicted molar refractivity (Wildman–Crippen MR) is 79.8 cm³/mol. The van der Waals surface area contributed by atoms with Crippen molar-refractivity contribution in [2.24, 2.45) is 0 Å². The highest BCUT2D eigenvalue weighted by Crippen LogP contribution is 2.24. The fourth-order valence-corrected chi connectivity index (χ4v) is 2.72. The highest BCUT2D eigenvalue weighted by atomic mass is 32.2. The maximum absolute atomic E-state index is 5.63. The summed E-state index contributed by atoms with van der Waals surface area (Å²) in [6.45, 7) is 4.50. The second-order valence-electron chi connectivity index (χ2n) is 5.07. The average molecular weight is 281 g/mol. The second kappa shape index (κ2) is 6.75. The molecule has 1 saturated heterocycles. The zero-order chi connectivity index (χ0) is 13.7. The Bertz CT molecular complexity index is 388. The van der Waals surface area contributed by atoms with Gasteiger partial charge in [0.25, 0.3) is 0 Å². The van der Waals surface area contributed by atoms with Gasteiger partial charge < -0.3 is 14.8 Å². The summed E-state index contributed by atoms with van der Waals surface area (Å²) in [5.41, 5.74) is 1.16. The molecule has 0 aromatic heterocycles. The van der Waals surface area contributed by atoms with Crippen LogP contribution in [0.4, 0.5) is 0 Å². The van der Waals surface area contributed by atoms with E-state index in [1.165, 1.54) is 10.5 Å². The minimum Gasteiger partial charge on any atom is -0.378 e. The van der Waals surface area contributed by atoms with Crippen LogP contribution >= 0.6 is 11.8 Å². The molecule has 1 aromatic rings. The van der Waals surface area contributed by atoms with E-state index in [2.05, 4.69) is 42.8 Å². The molecule has 0 amide bonds. The Hall–Kier alpha value is -0.550. The molecule has 0 saturated carbocycles. The lowest BCUT2D eigenvalue weighted by Gasteiger charge is -2.28. The van der Waals surface area contributed by atoms with Gasteiger partial charge >= 0.3 is 0 Å². The maximum atomic E-state index is 5.63. The van der Waals surface area contributed by atoms with Crippen LogP contribution < -0.4 is 5.32 Å². The van der Waals surface area contributed by atoms with E-state index in [9.17, 15) is 0 Å². The molecule has 4 heteroatoms. The van der Waals surface area contributed by atoms with Gasteiger partial charge in [0.1, 0.15) is 5.60 Å². The highest BCUT2D eigenvalue weighted by Gasteiger charge is 2.34. The van der Waals surface area contributed by atoms with Crippen LogP contribution in [0.3, 0.4) is 0 Å². The summed E-state index contributed by atoms with van der Waals surface area (Å²) in [5, 5.41) is 3.56. The molecule has 1 aromatic carbocycles. The molecular formula is C15H23NO2S. The molecule has 0 aliphatic carbocycles. The molecule has 2 atom stereocenters. The number of hydrogen-bond acceptors (Lipinski definition) is 4. The Kier molecular flexibility index (Phi) is 5.28. The Labute approximate surface area is 120 Å². The van der Waals surface area contributed by atoms with E-state index in [1.807, 2.05) is 0 Å². The Morgan fingerprint density at radius 3 is 2.68 bits per heavy atom. The smallest absolute Gasteiger partial charge is 0.106 e. The summed E-state index contributed by atoms with van der Waals surface area (Å²) in [6, 6.07) is 9.04. The molecule has 1 fully saturated rings. The molecule has 1 aliphatic rings. The van der Waals surface area contributed by atoms with Crippen LogP contribution in [0, 0.1) is 0 Å². The average Bonchev–Trinajstić information content (AvgIpc) is 2.94. The summed E-state index contributed by atoms with van der Waals surface area (Å²) in [6.07, 6.45) is 3.06. The third kappa shape index (κ3) is 3.72. The van der Waals surface area contributed by atoms with Crippen molar-refractivity contribution in [2.75, 3.05) is 33.1 Å². The summed E-state index contributed by atoms with van der Waals surface area (Å²) in [4.78, 5) is 1.30. The van der Waals surface area contributed by atoms with E-state index in [1.54, 1.807) is 18.9 Å². The lowest BCUT2D eigenvalue weighted by atomic mass is 10.0. The van der Waals surface area contributed by atoms with Gasteiger partial charge in [-0.2, -0.15) is 0 Å². The third-order valence-corrected chi connectivity index (χ3v) is 4.59. The zero-order valence-corrected chi connectivity index (χ0v) is 12.8. The number of rotatable bonds is 6. The van der Waals surface area contributed by atoms with Crippen molar-refractivity contribution in [1.29, 1.82) is 0 Å². The molecule has 106 valence electrons. The van der Waals surface area contributed by atoms with Gasteiger partial charge in [-0.1, -0.05) is 12.1 Å². The van der Waals surface area contributed by atoms with Crippen molar-refractivity contribution in [2.45, 2.75) is 29.9 Å². The number of thioether (sulfide) groups is 1. The van der Waals surface area contributed by atoms with E-state index in [0.717, 1.165) is 19.6 Å². The quantitative estimate of drug-likeness (QED) is 0.812. The number of ether oxygens (including phenoxy) is 2. The summed E-state index contributed by atoms with van der Waals surface area (Å²) >= 11 is 1.77. The van der Waals surface area contributed by atoms with Gasteiger partial charge in [-0.05, 0) is 30.9 Å². The van der Waals surface area contributed by atoms with E-state index >= 15 is 0 Å². The second-order valence-corrected chi connectivity index (χ2v) is 5.95. The molecule has 1 aliphatic heterocycles. The first-order valence-electron chi connectivity index (χ1n) is 6.69. The minimum atomic E-state index is -0.145. The van der Waals surface area contributed by atoms with Gasteiger partial charge in [0.15, 0.2) is 0 Å². The van der Waals surface area contributed by atoms with Crippen LogP contribution in [-0.2, 0) is 9.47 Å². The normalized spacial score (nSPS) is 24.6. The number of hydrogen-bond donors (Lipinski definition) is 1. The Balaban J connectivity index is 1.91. The van der Waals surface area contributed by atoms with Crippen molar-refractivity contribution < 1.29 is 9.47 Å². The summed E-state index contributed by atoms with van der Waals surface area (Å²) < 4.78 is 11.1. The molecule has 1 heterocycles. The Morgan fingerprint density at radius 1 is 1.42 bits per heavy atom. The first-order valence-corrected chi connectivity index (χ1v) is 7.92. The molecule has 0 bridgehead atoms. The van der Waals surface area contributed by atoms with Crippen LogP contribution in [0.1, 0.15) is 24.9 Å². The molecule has 0 spiro atoms. The van der Waals surface area contributed by atoms with Gasteiger partial charge in [0, 0.05) is 37.6 Å². The van der Waals surface area contributed by atoms with Gasteiger partial charge in [0.05, 0.1) is 6.61 Å². The van der Waals surface area contributed by atoms with Gasteiger partial charge in [-0.15, -0.1) is 11.8 Å². The topological polar surface area (TPSA) is 30.5 Å². The van der Waals surface area contributed by atoms with Gasteiger partial charge in [0.2, 0.25) is 0 Å². The van der Waals surface area contributed by atoms with Crippen molar-refractivity contribution in [3.8, 4) is 0 Å². The fraction of sp³-hybridized carbons (Fsp3) is 0.600. The van der Waals surface area contributed by atoms with Crippen LogP contribution in [0.15, 0.2) is 29.2 Å². The molecule has 2 unspecified atom stereocenters. The van der Waals surface area contributed by atoms with Crippen LogP contribution in [-0.4, -0.2) is 38.7 Å². The van der Waals surface area contributed by atoms with Gasteiger partial charge in [-0.3, -0.25) is 0 Å². The van der Waals surface area contributed by atoms with Gasteiger partial charge in [-0.25, -0.2) is 0 Å². The SMILES string of the molecule is COC1(CNC(C)c2ccc(SC)cc2)CCOC1. The fourth-order valence-electron chi connectivity index (χ4n) is 2.31. The van der Waals surface area contributed by atoms with Crippen molar-refractivity contribution in [3.05, 3.63) is 29.8 Å². The van der Waals surface area contributed by atoms with E-state index in [4.69, 9.17) is 9.47 Å².